The van der Waals surface area contributed by atoms with Gasteiger partial charge in [0, 0.05) is 6.54 Å². The maximum Gasteiger partial charge on any atom is 0.148 e. The van der Waals surface area contributed by atoms with Gasteiger partial charge in [-0.3, -0.25) is 0 Å². The van der Waals surface area contributed by atoms with Crippen LogP contribution in [0, 0.1) is 11.3 Å². The topological polar surface area (TPSA) is 107 Å². The van der Waals surface area contributed by atoms with Crippen molar-refractivity contribution < 1.29 is 0 Å². The monoisotopic (exact) mass is 278 g/mol. The van der Waals surface area contributed by atoms with E-state index in [2.05, 4.69) is 28.2 Å². The number of aromatic nitrogens is 3. The molecular formula is C15H14N6. The number of aryl methyl sites for hydroxylation is 2. The number of nitrogens with two attached hydrogens (primary N) is 2. The van der Waals surface area contributed by atoms with Crippen LogP contribution >= 0.6 is 0 Å². The van der Waals surface area contributed by atoms with Gasteiger partial charge in [0.1, 0.15) is 35.2 Å². The lowest BCUT2D eigenvalue weighted by Crippen LogP contribution is -2.06. The van der Waals surface area contributed by atoms with Crippen molar-refractivity contribution in [3.63, 3.8) is 0 Å². The third-order valence-electron chi connectivity index (χ3n) is 3.49. The Morgan fingerprint density at radius 3 is 2.62 bits per heavy atom. The zero-order chi connectivity index (χ0) is 14.8. The van der Waals surface area contributed by atoms with E-state index in [9.17, 15) is 5.26 Å². The molecule has 0 atom stereocenters. The van der Waals surface area contributed by atoms with Gasteiger partial charge in [0.05, 0.1) is 5.39 Å². The van der Waals surface area contributed by atoms with Gasteiger partial charge in [0.2, 0.25) is 0 Å². The summed E-state index contributed by atoms with van der Waals surface area (Å²) in [4.78, 5) is 8.16. The molecule has 0 aliphatic heterocycles. The first-order chi connectivity index (χ1) is 10.2. The Morgan fingerprint density at radius 1 is 1.14 bits per heavy atom. The van der Waals surface area contributed by atoms with Gasteiger partial charge in [0.15, 0.2) is 0 Å². The maximum absolute atomic E-state index is 9.29. The molecule has 0 bridgehead atoms. The van der Waals surface area contributed by atoms with E-state index in [-0.39, 0.29) is 5.82 Å². The molecule has 0 unspecified atom stereocenters. The largest absolute Gasteiger partial charge is 0.384 e. The number of fused-ring (bicyclic) bond motifs is 1. The van der Waals surface area contributed by atoms with E-state index in [1.54, 1.807) is 0 Å². The fraction of sp³-hybridized carbons (Fsp3) is 0.133. The molecule has 6 nitrogen and oxygen atoms in total. The zero-order valence-corrected chi connectivity index (χ0v) is 11.3. The predicted molar refractivity (Wildman–Crippen MR) is 81.2 cm³/mol. The second kappa shape index (κ2) is 5.13. The van der Waals surface area contributed by atoms with Gasteiger partial charge in [-0.05, 0) is 12.0 Å². The van der Waals surface area contributed by atoms with Crippen LogP contribution in [-0.2, 0) is 13.0 Å². The quantitative estimate of drug-likeness (QED) is 0.758. The van der Waals surface area contributed by atoms with Crippen LogP contribution in [0.2, 0.25) is 0 Å². The second-order valence-corrected chi connectivity index (χ2v) is 4.72. The van der Waals surface area contributed by atoms with Crippen LogP contribution in [-0.4, -0.2) is 14.5 Å². The molecule has 0 fully saturated rings. The molecule has 104 valence electrons. The van der Waals surface area contributed by atoms with Gasteiger partial charge in [-0.25, -0.2) is 9.97 Å². The maximum atomic E-state index is 9.29. The molecular weight excluding hydrogens is 264 g/mol. The van der Waals surface area contributed by atoms with Gasteiger partial charge < -0.3 is 16.0 Å². The molecule has 0 aliphatic carbocycles. The number of anilines is 2. The van der Waals surface area contributed by atoms with Crippen LogP contribution in [0.15, 0.2) is 36.7 Å². The Kier molecular flexibility index (Phi) is 3.16. The Labute approximate surface area is 121 Å². The predicted octanol–water partition coefficient (Wildman–Crippen LogP) is 1.71. The van der Waals surface area contributed by atoms with E-state index < -0.39 is 0 Å². The van der Waals surface area contributed by atoms with Gasteiger partial charge in [-0.15, -0.1) is 0 Å². The molecule has 0 spiro atoms. The number of nitrogen functional groups attached to an aromatic ring is 2. The van der Waals surface area contributed by atoms with Crippen LogP contribution in [0.4, 0.5) is 11.6 Å². The lowest BCUT2D eigenvalue weighted by Gasteiger charge is -2.07. The second-order valence-electron chi connectivity index (χ2n) is 4.72. The van der Waals surface area contributed by atoms with Crippen molar-refractivity contribution in [1.29, 1.82) is 5.26 Å². The first-order valence-electron chi connectivity index (χ1n) is 6.54. The SMILES string of the molecule is N#Cc1c(N)n(CCc2ccccc2)c2ncnc(N)c12. The van der Waals surface area contributed by atoms with Crippen LogP contribution < -0.4 is 11.5 Å². The number of hydrogen-bond donors (Lipinski definition) is 2. The summed E-state index contributed by atoms with van der Waals surface area (Å²) in [6.45, 7) is 0.629. The highest BCUT2D eigenvalue weighted by molar-refractivity contribution is 5.96. The average molecular weight is 278 g/mol. The highest BCUT2D eigenvalue weighted by Gasteiger charge is 2.18. The number of benzene rings is 1. The number of nitrogens with zero attached hydrogens (tertiary/aromatic N) is 4. The molecule has 2 aromatic heterocycles. The average Bonchev–Trinajstić information content (AvgIpc) is 2.79. The van der Waals surface area contributed by atoms with Gasteiger partial charge in [-0.2, -0.15) is 5.26 Å². The summed E-state index contributed by atoms with van der Waals surface area (Å²) >= 11 is 0. The third-order valence-corrected chi connectivity index (χ3v) is 3.49. The van der Waals surface area contributed by atoms with E-state index in [0.29, 0.717) is 29.0 Å². The molecule has 2 heterocycles. The third kappa shape index (κ3) is 2.15. The minimum atomic E-state index is 0.279. The molecule has 3 rings (SSSR count). The van der Waals surface area contributed by atoms with E-state index in [1.807, 2.05) is 22.8 Å². The van der Waals surface area contributed by atoms with Crippen LogP contribution in [0.25, 0.3) is 11.0 Å². The molecule has 21 heavy (non-hydrogen) atoms. The first kappa shape index (κ1) is 12.9. The molecule has 3 aromatic rings. The van der Waals surface area contributed by atoms with Crippen LogP contribution in [0.3, 0.4) is 0 Å². The summed E-state index contributed by atoms with van der Waals surface area (Å²) in [6.07, 6.45) is 2.18. The number of nitriles is 1. The Hall–Kier alpha value is -3.07. The summed E-state index contributed by atoms with van der Waals surface area (Å²) < 4.78 is 1.82. The van der Waals surface area contributed by atoms with Crippen molar-refractivity contribution in [3.05, 3.63) is 47.8 Å². The summed E-state index contributed by atoms with van der Waals surface area (Å²) in [5.41, 5.74) is 14.1. The highest BCUT2D eigenvalue weighted by atomic mass is 15.1. The molecule has 0 aliphatic rings. The lowest BCUT2D eigenvalue weighted by atomic mass is 10.1. The smallest absolute Gasteiger partial charge is 0.148 e. The van der Waals surface area contributed by atoms with Gasteiger partial charge >= 0.3 is 0 Å². The van der Waals surface area contributed by atoms with Crippen molar-refractivity contribution in [2.45, 2.75) is 13.0 Å². The molecule has 6 heteroatoms. The normalized spacial score (nSPS) is 10.6. The van der Waals surface area contributed by atoms with Crippen LogP contribution in [0.5, 0.6) is 0 Å². The Bertz CT molecular complexity index is 829. The number of rotatable bonds is 3. The van der Waals surface area contributed by atoms with E-state index in [4.69, 9.17) is 11.5 Å². The fourth-order valence-electron chi connectivity index (χ4n) is 2.44. The van der Waals surface area contributed by atoms with Crippen molar-refractivity contribution >= 4 is 22.7 Å². The molecule has 1 aromatic carbocycles. The molecule has 0 radical (unpaired) electrons. The van der Waals surface area contributed by atoms with Gasteiger partial charge in [0.25, 0.3) is 0 Å². The summed E-state index contributed by atoms with van der Waals surface area (Å²) in [5, 5.41) is 9.82. The summed E-state index contributed by atoms with van der Waals surface area (Å²) in [7, 11) is 0. The minimum Gasteiger partial charge on any atom is -0.384 e. The van der Waals surface area contributed by atoms with E-state index >= 15 is 0 Å². The van der Waals surface area contributed by atoms with E-state index in [1.165, 1.54) is 11.9 Å². The van der Waals surface area contributed by atoms with Crippen LogP contribution in [0.1, 0.15) is 11.1 Å². The molecule has 4 N–H and O–H groups in total. The van der Waals surface area contributed by atoms with E-state index in [0.717, 1.165) is 6.42 Å². The minimum absolute atomic E-state index is 0.279. The lowest BCUT2D eigenvalue weighted by molar-refractivity contribution is 0.724. The highest BCUT2D eigenvalue weighted by Crippen LogP contribution is 2.29. The van der Waals surface area contributed by atoms with Crippen molar-refractivity contribution in [2.75, 3.05) is 11.5 Å². The van der Waals surface area contributed by atoms with Crippen molar-refractivity contribution in [3.8, 4) is 6.07 Å². The molecule has 0 amide bonds. The standard InChI is InChI=1S/C15H14N6/c16-8-11-12-13(17)19-9-20-15(12)21(14(11)18)7-6-10-4-2-1-3-5-10/h1-5,9H,6-7,18H2,(H2,17,19,20). The van der Waals surface area contributed by atoms with Gasteiger partial charge in [-0.1, -0.05) is 30.3 Å². The molecule has 0 saturated carbocycles. The molecule has 0 saturated heterocycles. The zero-order valence-electron chi connectivity index (χ0n) is 11.3. The number of hydrogen-bond acceptors (Lipinski definition) is 5. The van der Waals surface area contributed by atoms with Crippen molar-refractivity contribution in [2.24, 2.45) is 0 Å². The fourth-order valence-corrected chi connectivity index (χ4v) is 2.44. The Balaban J connectivity index is 2.05. The van der Waals surface area contributed by atoms with Crippen molar-refractivity contribution in [1.82, 2.24) is 14.5 Å². The first-order valence-corrected chi connectivity index (χ1v) is 6.54. The summed E-state index contributed by atoms with van der Waals surface area (Å²) in [6, 6.07) is 12.2. The Morgan fingerprint density at radius 2 is 1.90 bits per heavy atom. The summed E-state index contributed by atoms with van der Waals surface area (Å²) in [5.74, 6) is 0.664.